The van der Waals surface area contributed by atoms with E-state index in [1.165, 1.54) is 0 Å². The van der Waals surface area contributed by atoms with E-state index in [2.05, 4.69) is 21.1 Å². The van der Waals surface area contributed by atoms with E-state index in [0.717, 1.165) is 0 Å². The summed E-state index contributed by atoms with van der Waals surface area (Å²) in [4.78, 5) is 0. The zero-order valence-electron chi connectivity index (χ0n) is 7.03. The van der Waals surface area contributed by atoms with Crippen LogP contribution < -0.4 is 15.2 Å². The van der Waals surface area contributed by atoms with E-state index in [1.807, 2.05) is 0 Å². The maximum Gasteiger partial charge on any atom is 0.231 e. The molecule has 0 saturated heterocycles. The Labute approximate surface area is 88.2 Å². The van der Waals surface area contributed by atoms with Crippen molar-refractivity contribution in [3.8, 4) is 11.5 Å². The number of ether oxygens (including phenoxy) is 2. The molecule has 74 valence electrons. The molecule has 0 spiro atoms. The average Bonchev–Trinajstić information content (AvgIpc) is 2.64. The van der Waals surface area contributed by atoms with Crippen LogP contribution in [-0.2, 0) is 0 Å². The number of fused-ring (bicyclic) bond motifs is 1. The van der Waals surface area contributed by atoms with Gasteiger partial charge >= 0.3 is 0 Å². The van der Waals surface area contributed by atoms with Crippen molar-refractivity contribution in [1.29, 1.82) is 0 Å². The van der Waals surface area contributed by atoms with Gasteiger partial charge in [-0.2, -0.15) is 0 Å². The highest BCUT2D eigenvalue weighted by Gasteiger charge is 2.18. The summed E-state index contributed by atoms with van der Waals surface area (Å²) in [5.41, 5.74) is 6.01. The first kappa shape index (κ1) is 9.14. The second-order valence-electron chi connectivity index (χ2n) is 2.68. The van der Waals surface area contributed by atoms with Crippen molar-refractivity contribution in [3.63, 3.8) is 0 Å². The van der Waals surface area contributed by atoms with Crippen LogP contribution in [0.25, 0.3) is 0 Å². The van der Waals surface area contributed by atoms with Crippen molar-refractivity contribution in [2.45, 2.75) is 0 Å². The number of benzene rings is 1. The van der Waals surface area contributed by atoms with Gasteiger partial charge in [0, 0.05) is 5.56 Å². The lowest BCUT2D eigenvalue weighted by atomic mass is 10.2. The van der Waals surface area contributed by atoms with Crippen molar-refractivity contribution in [3.05, 3.63) is 22.2 Å². The van der Waals surface area contributed by atoms with Crippen molar-refractivity contribution in [2.24, 2.45) is 10.9 Å². The van der Waals surface area contributed by atoms with Gasteiger partial charge in [0.15, 0.2) is 17.3 Å². The minimum Gasteiger partial charge on any atom is -0.454 e. The molecular weight excluding hydrogens is 252 g/mol. The number of nitrogens with two attached hydrogens (primary N) is 1. The smallest absolute Gasteiger partial charge is 0.231 e. The summed E-state index contributed by atoms with van der Waals surface area (Å²) in [6, 6.07) is 3.35. The highest BCUT2D eigenvalue weighted by Crippen LogP contribution is 2.39. The van der Waals surface area contributed by atoms with E-state index in [-0.39, 0.29) is 12.6 Å². The number of halogens is 1. The molecule has 1 aromatic carbocycles. The molecule has 3 N–H and O–H groups in total. The minimum atomic E-state index is 0.0315. The normalized spacial score (nSPS) is 14.5. The first-order valence-corrected chi connectivity index (χ1v) is 4.58. The summed E-state index contributed by atoms with van der Waals surface area (Å²) < 4.78 is 11.1. The van der Waals surface area contributed by atoms with Gasteiger partial charge in [-0.15, -0.1) is 0 Å². The SMILES string of the molecule is N/C(=N\O)c1cc(Br)c2c(c1)OCO2. The van der Waals surface area contributed by atoms with Crippen molar-refractivity contribution >= 4 is 21.8 Å². The molecule has 0 radical (unpaired) electrons. The molecule has 0 amide bonds. The number of hydrogen-bond donors (Lipinski definition) is 2. The monoisotopic (exact) mass is 258 g/mol. The Kier molecular flexibility index (Phi) is 2.20. The maximum absolute atomic E-state index is 8.50. The van der Waals surface area contributed by atoms with Crippen molar-refractivity contribution in [2.75, 3.05) is 6.79 Å². The van der Waals surface area contributed by atoms with Crippen LogP contribution in [0.4, 0.5) is 0 Å². The molecule has 1 aliphatic heterocycles. The molecule has 0 aromatic heterocycles. The van der Waals surface area contributed by atoms with Gasteiger partial charge in [-0.3, -0.25) is 0 Å². The highest BCUT2D eigenvalue weighted by molar-refractivity contribution is 9.10. The summed E-state index contributed by atoms with van der Waals surface area (Å²) in [6.45, 7) is 0.188. The first-order chi connectivity index (χ1) is 6.72. The predicted molar refractivity (Wildman–Crippen MR) is 52.8 cm³/mol. The van der Waals surface area contributed by atoms with Crippen molar-refractivity contribution < 1.29 is 14.7 Å². The number of nitrogens with zero attached hydrogens (tertiary/aromatic N) is 1. The van der Waals surface area contributed by atoms with Crippen LogP contribution in [0, 0.1) is 0 Å². The van der Waals surface area contributed by atoms with E-state index in [4.69, 9.17) is 20.4 Å². The fourth-order valence-electron chi connectivity index (χ4n) is 1.17. The molecule has 0 aliphatic carbocycles. The third-order valence-electron chi connectivity index (χ3n) is 1.83. The standard InChI is InChI=1S/C8H7BrN2O3/c9-5-1-4(8(10)11-12)2-6-7(5)14-3-13-6/h1-2,12H,3H2,(H2,10,11). The maximum atomic E-state index is 8.50. The molecule has 6 heteroatoms. The van der Waals surface area contributed by atoms with Gasteiger partial charge in [0.05, 0.1) is 4.47 Å². The predicted octanol–water partition coefficient (Wildman–Crippen LogP) is 1.27. The molecule has 2 rings (SSSR count). The van der Waals surface area contributed by atoms with Crippen LogP contribution in [0.1, 0.15) is 5.56 Å². The molecule has 5 nitrogen and oxygen atoms in total. The molecule has 0 bridgehead atoms. The number of rotatable bonds is 1. The Hall–Kier alpha value is -1.43. The first-order valence-electron chi connectivity index (χ1n) is 3.79. The Balaban J connectivity index is 2.52. The summed E-state index contributed by atoms with van der Waals surface area (Å²) in [7, 11) is 0. The van der Waals surface area contributed by atoms with Crippen LogP contribution in [0.3, 0.4) is 0 Å². The van der Waals surface area contributed by atoms with Gasteiger partial charge < -0.3 is 20.4 Å². The second-order valence-corrected chi connectivity index (χ2v) is 3.53. The second kappa shape index (κ2) is 3.38. The summed E-state index contributed by atoms with van der Waals surface area (Å²) in [5, 5.41) is 11.4. The minimum absolute atomic E-state index is 0.0315. The number of oxime groups is 1. The van der Waals surface area contributed by atoms with Crippen LogP contribution in [0.5, 0.6) is 11.5 Å². The Morgan fingerprint density at radius 3 is 3.00 bits per heavy atom. The van der Waals surface area contributed by atoms with E-state index in [9.17, 15) is 0 Å². The van der Waals surface area contributed by atoms with E-state index in [1.54, 1.807) is 12.1 Å². The molecule has 1 aromatic rings. The van der Waals surface area contributed by atoms with Gasteiger partial charge in [0.2, 0.25) is 6.79 Å². The fourth-order valence-corrected chi connectivity index (χ4v) is 1.73. The van der Waals surface area contributed by atoms with E-state index < -0.39 is 0 Å². The Morgan fingerprint density at radius 1 is 1.50 bits per heavy atom. The van der Waals surface area contributed by atoms with E-state index in [0.29, 0.717) is 21.5 Å². The van der Waals surface area contributed by atoms with Crippen LogP contribution in [0.15, 0.2) is 21.8 Å². The summed E-state index contributed by atoms with van der Waals surface area (Å²) in [5.74, 6) is 1.25. The molecular formula is C8H7BrN2O3. The quantitative estimate of drug-likeness (QED) is 0.344. The molecule has 1 aliphatic rings. The van der Waals surface area contributed by atoms with Gasteiger partial charge in [-0.1, -0.05) is 5.16 Å². The molecule has 0 fully saturated rings. The lowest BCUT2D eigenvalue weighted by Gasteiger charge is -2.03. The van der Waals surface area contributed by atoms with Gasteiger partial charge in [-0.25, -0.2) is 0 Å². The van der Waals surface area contributed by atoms with Crippen LogP contribution in [-0.4, -0.2) is 17.8 Å². The topological polar surface area (TPSA) is 77.1 Å². The zero-order valence-corrected chi connectivity index (χ0v) is 8.61. The largest absolute Gasteiger partial charge is 0.454 e. The molecule has 0 atom stereocenters. The Bertz CT molecular complexity index is 406. The summed E-state index contributed by atoms with van der Waals surface area (Å²) >= 11 is 3.30. The highest BCUT2D eigenvalue weighted by atomic mass is 79.9. The number of amidine groups is 1. The van der Waals surface area contributed by atoms with Gasteiger partial charge in [0.25, 0.3) is 0 Å². The molecule has 1 heterocycles. The molecule has 0 unspecified atom stereocenters. The third kappa shape index (κ3) is 1.37. The molecule has 14 heavy (non-hydrogen) atoms. The fraction of sp³-hybridized carbons (Fsp3) is 0.125. The summed E-state index contributed by atoms with van der Waals surface area (Å²) in [6.07, 6.45) is 0. The lowest BCUT2D eigenvalue weighted by Crippen LogP contribution is -2.12. The van der Waals surface area contributed by atoms with Gasteiger partial charge in [-0.05, 0) is 28.1 Å². The van der Waals surface area contributed by atoms with Gasteiger partial charge in [0.1, 0.15) is 0 Å². The van der Waals surface area contributed by atoms with Crippen molar-refractivity contribution in [1.82, 2.24) is 0 Å². The third-order valence-corrected chi connectivity index (χ3v) is 2.42. The van der Waals surface area contributed by atoms with Crippen LogP contribution >= 0.6 is 15.9 Å². The lowest BCUT2D eigenvalue weighted by molar-refractivity contribution is 0.173. The van der Waals surface area contributed by atoms with Crippen LogP contribution in [0.2, 0.25) is 0 Å². The zero-order chi connectivity index (χ0) is 10.1. The van der Waals surface area contributed by atoms with E-state index >= 15 is 0 Å². The molecule has 0 saturated carbocycles. The Morgan fingerprint density at radius 2 is 2.29 bits per heavy atom. The number of hydrogen-bond acceptors (Lipinski definition) is 4. The average molecular weight is 259 g/mol.